The molecule has 0 radical (unpaired) electrons. The third-order valence-electron chi connectivity index (χ3n) is 3.14. The highest BCUT2D eigenvalue weighted by molar-refractivity contribution is 5.73. The van der Waals surface area contributed by atoms with Crippen LogP contribution in [0.3, 0.4) is 0 Å². The normalized spacial score (nSPS) is 22.9. The molecular weight excluding hydrogens is 202 g/mol. The van der Waals surface area contributed by atoms with Crippen molar-refractivity contribution in [2.45, 2.75) is 57.5 Å². The van der Waals surface area contributed by atoms with Crippen LogP contribution in [-0.2, 0) is 4.79 Å². The Morgan fingerprint density at radius 2 is 2.38 bits per heavy atom. The minimum atomic E-state index is -0.205. The van der Waals surface area contributed by atoms with Crippen molar-refractivity contribution in [1.82, 2.24) is 10.6 Å². The van der Waals surface area contributed by atoms with Gasteiger partial charge < -0.3 is 16.4 Å². The van der Waals surface area contributed by atoms with Gasteiger partial charge in [-0.1, -0.05) is 6.42 Å². The second kappa shape index (κ2) is 7.63. The van der Waals surface area contributed by atoms with Crippen LogP contribution >= 0.6 is 0 Å². The van der Waals surface area contributed by atoms with Crippen molar-refractivity contribution >= 4 is 5.91 Å². The maximum Gasteiger partial charge on any atom is 0.217 e. The first-order valence-corrected chi connectivity index (χ1v) is 6.43. The third kappa shape index (κ3) is 6.08. The van der Waals surface area contributed by atoms with E-state index in [4.69, 9.17) is 5.73 Å². The van der Waals surface area contributed by atoms with E-state index >= 15 is 0 Å². The van der Waals surface area contributed by atoms with Gasteiger partial charge in [0.25, 0.3) is 0 Å². The Hall–Kier alpha value is -0.610. The van der Waals surface area contributed by atoms with Gasteiger partial charge in [0.05, 0.1) is 0 Å². The second-order valence-electron chi connectivity index (χ2n) is 4.81. The molecule has 1 aliphatic heterocycles. The van der Waals surface area contributed by atoms with E-state index in [1.165, 1.54) is 32.2 Å². The van der Waals surface area contributed by atoms with Gasteiger partial charge in [-0.25, -0.2) is 0 Å². The minimum absolute atomic E-state index is 0.205. The van der Waals surface area contributed by atoms with Crippen molar-refractivity contribution in [1.29, 1.82) is 0 Å². The fraction of sp³-hybridized carbons (Fsp3) is 0.917. The summed E-state index contributed by atoms with van der Waals surface area (Å²) in [6.07, 6.45) is 6.48. The molecule has 16 heavy (non-hydrogen) atoms. The maximum absolute atomic E-state index is 10.5. The molecule has 1 heterocycles. The minimum Gasteiger partial charge on any atom is -0.370 e. The molecule has 1 fully saturated rings. The molecule has 94 valence electrons. The van der Waals surface area contributed by atoms with Gasteiger partial charge >= 0.3 is 0 Å². The van der Waals surface area contributed by atoms with Gasteiger partial charge in [0.1, 0.15) is 0 Å². The molecule has 1 rings (SSSR count). The molecule has 2 atom stereocenters. The van der Waals surface area contributed by atoms with Crippen molar-refractivity contribution in [3.63, 3.8) is 0 Å². The topological polar surface area (TPSA) is 67.2 Å². The van der Waals surface area contributed by atoms with E-state index < -0.39 is 0 Å². The summed E-state index contributed by atoms with van der Waals surface area (Å²) in [7, 11) is 0. The van der Waals surface area contributed by atoms with Gasteiger partial charge in [0.2, 0.25) is 5.91 Å². The van der Waals surface area contributed by atoms with E-state index in [-0.39, 0.29) is 5.91 Å². The molecule has 0 saturated carbocycles. The van der Waals surface area contributed by atoms with Crippen LogP contribution in [-0.4, -0.2) is 31.1 Å². The highest BCUT2D eigenvalue weighted by atomic mass is 16.1. The number of carbonyl (C=O) groups is 1. The van der Waals surface area contributed by atoms with Gasteiger partial charge in [-0.3, -0.25) is 4.79 Å². The molecular formula is C12H25N3O. The van der Waals surface area contributed by atoms with Gasteiger partial charge in [0, 0.05) is 18.5 Å². The Kier molecular flexibility index (Phi) is 6.42. The molecule has 0 aromatic carbocycles. The predicted molar refractivity (Wildman–Crippen MR) is 66.2 cm³/mol. The first kappa shape index (κ1) is 13.5. The number of hydrogen-bond acceptors (Lipinski definition) is 3. The van der Waals surface area contributed by atoms with Crippen molar-refractivity contribution in [2.75, 3.05) is 13.1 Å². The summed E-state index contributed by atoms with van der Waals surface area (Å²) in [5, 5.41) is 6.98. The van der Waals surface area contributed by atoms with E-state index in [2.05, 4.69) is 17.6 Å². The Bertz CT molecular complexity index is 202. The Morgan fingerprint density at radius 1 is 1.56 bits per heavy atom. The number of carbonyl (C=O) groups excluding carboxylic acids is 1. The fourth-order valence-electron chi connectivity index (χ4n) is 2.25. The highest BCUT2D eigenvalue weighted by Crippen LogP contribution is 2.11. The number of nitrogens with one attached hydrogen (secondary N) is 2. The monoisotopic (exact) mass is 227 g/mol. The first-order chi connectivity index (χ1) is 7.68. The van der Waals surface area contributed by atoms with Crippen LogP contribution in [0.5, 0.6) is 0 Å². The summed E-state index contributed by atoms with van der Waals surface area (Å²) in [5.41, 5.74) is 5.08. The predicted octanol–water partition coefficient (Wildman–Crippen LogP) is 0.762. The van der Waals surface area contributed by atoms with Crippen molar-refractivity contribution < 1.29 is 4.79 Å². The van der Waals surface area contributed by atoms with E-state index in [1.54, 1.807) is 0 Å². The number of piperidine rings is 1. The molecule has 4 N–H and O–H groups in total. The molecule has 4 nitrogen and oxygen atoms in total. The summed E-state index contributed by atoms with van der Waals surface area (Å²) < 4.78 is 0. The zero-order chi connectivity index (χ0) is 11.8. The van der Waals surface area contributed by atoms with Crippen LogP contribution in [0.2, 0.25) is 0 Å². The van der Waals surface area contributed by atoms with Crippen molar-refractivity contribution in [3.8, 4) is 0 Å². The number of rotatable bonds is 7. The van der Waals surface area contributed by atoms with E-state index in [0.717, 1.165) is 13.0 Å². The molecule has 1 saturated heterocycles. The molecule has 0 aliphatic carbocycles. The van der Waals surface area contributed by atoms with Gasteiger partial charge in [0.15, 0.2) is 0 Å². The van der Waals surface area contributed by atoms with Crippen LogP contribution < -0.4 is 16.4 Å². The van der Waals surface area contributed by atoms with Crippen LogP contribution in [0.4, 0.5) is 0 Å². The molecule has 1 aliphatic rings. The fourth-order valence-corrected chi connectivity index (χ4v) is 2.25. The van der Waals surface area contributed by atoms with Gasteiger partial charge in [-0.05, 0) is 45.7 Å². The summed E-state index contributed by atoms with van der Waals surface area (Å²) >= 11 is 0. The molecule has 4 heteroatoms. The van der Waals surface area contributed by atoms with E-state index in [9.17, 15) is 4.79 Å². The van der Waals surface area contributed by atoms with Gasteiger partial charge in [-0.15, -0.1) is 0 Å². The Balaban J connectivity index is 2.01. The number of amides is 1. The average molecular weight is 227 g/mol. The SMILES string of the molecule is CC(CC1CCCCN1)NCCCC(N)=O. The smallest absolute Gasteiger partial charge is 0.217 e. The standard InChI is InChI=1S/C12H25N3O/c1-10(14-8-4-6-12(13)16)9-11-5-2-3-7-15-11/h10-11,14-15H,2-9H2,1H3,(H2,13,16). The lowest BCUT2D eigenvalue weighted by Crippen LogP contribution is -2.40. The lowest BCUT2D eigenvalue weighted by molar-refractivity contribution is -0.118. The highest BCUT2D eigenvalue weighted by Gasteiger charge is 2.15. The van der Waals surface area contributed by atoms with Crippen molar-refractivity contribution in [3.05, 3.63) is 0 Å². The lowest BCUT2D eigenvalue weighted by Gasteiger charge is -2.26. The molecule has 1 amide bonds. The Morgan fingerprint density at radius 3 is 3.00 bits per heavy atom. The second-order valence-corrected chi connectivity index (χ2v) is 4.81. The molecule has 0 spiro atoms. The van der Waals surface area contributed by atoms with Crippen LogP contribution in [0.25, 0.3) is 0 Å². The zero-order valence-corrected chi connectivity index (χ0v) is 10.3. The largest absolute Gasteiger partial charge is 0.370 e. The van der Waals surface area contributed by atoms with E-state index in [1.807, 2.05) is 0 Å². The quantitative estimate of drug-likeness (QED) is 0.563. The number of hydrogen-bond donors (Lipinski definition) is 3. The molecule has 0 bridgehead atoms. The third-order valence-corrected chi connectivity index (χ3v) is 3.14. The lowest BCUT2D eigenvalue weighted by atomic mass is 9.99. The maximum atomic E-state index is 10.5. The zero-order valence-electron chi connectivity index (χ0n) is 10.3. The summed E-state index contributed by atoms with van der Waals surface area (Å²) in [5.74, 6) is -0.205. The molecule has 0 aromatic rings. The molecule has 2 unspecified atom stereocenters. The number of primary amides is 1. The summed E-state index contributed by atoms with van der Waals surface area (Å²) in [6, 6.07) is 1.19. The Labute approximate surface area is 98.3 Å². The average Bonchev–Trinajstić information content (AvgIpc) is 2.25. The summed E-state index contributed by atoms with van der Waals surface area (Å²) in [6.45, 7) is 4.26. The van der Waals surface area contributed by atoms with Crippen LogP contribution in [0, 0.1) is 0 Å². The first-order valence-electron chi connectivity index (χ1n) is 6.43. The van der Waals surface area contributed by atoms with E-state index in [0.29, 0.717) is 18.5 Å². The summed E-state index contributed by atoms with van der Waals surface area (Å²) in [4.78, 5) is 10.5. The van der Waals surface area contributed by atoms with Crippen molar-refractivity contribution in [2.24, 2.45) is 5.73 Å². The van der Waals surface area contributed by atoms with Crippen LogP contribution in [0.15, 0.2) is 0 Å². The molecule has 0 aromatic heterocycles. The van der Waals surface area contributed by atoms with Gasteiger partial charge in [-0.2, -0.15) is 0 Å². The number of nitrogens with two attached hydrogens (primary N) is 1. The van der Waals surface area contributed by atoms with Crippen LogP contribution in [0.1, 0.15) is 45.4 Å².